The summed E-state index contributed by atoms with van der Waals surface area (Å²) in [5.41, 5.74) is 3.67. The Hall–Kier alpha value is -2.99. The first-order valence-electron chi connectivity index (χ1n) is 10.4. The number of carbonyl (C=O) groups excluding carboxylic acids is 1. The van der Waals surface area contributed by atoms with Gasteiger partial charge in [-0.05, 0) is 47.9 Å². The second kappa shape index (κ2) is 8.63. The summed E-state index contributed by atoms with van der Waals surface area (Å²) < 4.78 is 20.5. The number of hydrogen-bond acceptors (Lipinski definition) is 4. The Kier molecular flexibility index (Phi) is 5.55. The molecule has 0 radical (unpaired) electrons. The number of ether oxygens (including phenoxy) is 1. The minimum atomic E-state index is -0.419. The molecular weight excluding hydrogens is 411 g/mol. The standard InChI is InChI=1S/C25H23FN2O2S/c26-23-14-20(10-11-24(23)27-13-12-18-6-4-5-7-19(18)15-27)28-16-21(30-25(28)29)17-31-22-8-2-1-3-9-22/h1-11,14,21H,12-13,15-17H2/t21-/m1/s1. The van der Waals surface area contributed by atoms with Crippen molar-refractivity contribution in [1.82, 2.24) is 0 Å². The summed E-state index contributed by atoms with van der Waals surface area (Å²) in [6.45, 7) is 1.89. The number of thioether (sulfide) groups is 1. The van der Waals surface area contributed by atoms with Gasteiger partial charge in [-0.15, -0.1) is 11.8 Å². The molecule has 2 heterocycles. The van der Waals surface area contributed by atoms with Crippen LogP contribution in [0.5, 0.6) is 0 Å². The van der Waals surface area contributed by atoms with Crippen molar-refractivity contribution in [3.05, 3.63) is 89.7 Å². The highest BCUT2D eigenvalue weighted by molar-refractivity contribution is 7.99. The molecule has 0 unspecified atom stereocenters. The van der Waals surface area contributed by atoms with Crippen molar-refractivity contribution >= 4 is 29.2 Å². The van der Waals surface area contributed by atoms with Crippen LogP contribution in [0.15, 0.2) is 77.7 Å². The maximum atomic E-state index is 15.0. The third-order valence-electron chi connectivity index (χ3n) is 5.77. The SMILES string of the molecule is O=C1O[C@@H](CSc2ccccc2)CN1c1ccc(N2CCc3ccccc3C2)c(F)c1. The van der Waals surface area contributed by atoms with Gasteiger partial charge in [0.25, 0.3) is 0 Å². The molecule has 0 aliphatic carbocycles. The first-order chi connectivity index (χ1) is 15.2. The monoisotopic (exact) mass is 434 g/mol. The van der Waals surface area contributed by atoms with Crippen molar-refractivity contribution < 1.29 is 13.9 Å². The molecule has 6 heteroatoms. The Labute approximate surface area is 185 Å². The molecule has 1 atom stereocenters. The third-order valence-corrected chi connectivity index (χ3v) is 6.91. The Morgan fingerprint density at radius 2 is 1.77 bits per heavy atom. The predicted molar refractivity (Wildman–Crippen MR) is 122 cm³/mol. The minimum absolute atomic E-state index is 0.223. The Balaban J connectivity index is 1.26. The number of carbonyl (C=O) groups is 1. The first-order valence-corrected chi connectivity index (χ1v) is 11.4. The fourth-order valence-corrected chi connectivity index (χ4v) is 5.05. The van der Waals surface area contributed by atoms with Gasteiger partial charge in [0.1, 0.15) is 11.9 Å². The van der Waals surface area contributed by atoms with Crippen LogP contribution in [-0.2, 0) is 17.7 Å². The molecule has 0 N–H and O–H groups in total. The van der Waals surface area contributed by atoms with Crippen LogP contribution >= 0.6 is 11.8 Å². The van der Waals surface area contributed by atoms with Crippen molar-refractivity contribution in [2.75, 3.05) is 28.6 Å². The molecular formula is C25H23FN2O2S. The molecule has 4 nitrogen and oxygen atoms in total. The van der Waals surface area contributed by atoms with Gasteiger partial charge in [-0.3, -0.25) is 4.90 Å². The second-order valence-electron chi connectivity index (χ2n) is 7.82. The summed E-state index contributed by atoms with van der Waals surface area (Å²) in [6.07, 6.45) is 0.257. The summed E-state index contributed by atoms with van der Waals surface area (Å²) in [7, 11) is 0. The van der Waals surface area contributed by atoms with Crippen LogP contribution in [0.3, 0.4) is 0 Å². The van der Waals surface area contributed by atoms with Crippen molar-refractivity contribution in [2.24, 2.45) is 0 Å². The normalized spacial score (nSPS) is 18.1. The van der Waals surface area contributed by atoms with Gasteiger partial charge >= 0.3 is 6.09 Å². The van der Waals surface area contributed by atoms with Crippen molar-refractivity contribution in [1.29, 1.82) is 0 Å². The van der Waals surface area contributed by atoms with Gasteiger partial charge in [0.15, 0.2) is 0 Å². The highest BCUT2D eigenvalue weighted by Gasteiger charge is 2.33. The number of benzene rings is 3. The van der Waals surface area contributed by atoms with Crippen LogP contribution in [-0.4, -0.2) is 31.0 Å². The smallest absolute Gasteiger partial charge is 0.414 e. The van der Waals surface area contributed by atoms with E-state index in [4.69, 9.17) is 4.74 Å². The summed E-state index contributed by atoms with van der Waals surface area (Å²) in [5, 5.41) is 0. The number of rotatable bonds is 5. The van der Waals surface area contributed by atoms with E-state index in [1.807, 2.05) is 48.5 Å². The number of cyclic esters (lactones) is 1. The zero-order chi connectivity index (χ0) is 21.2. The number of anilines is 2. The number of hydrogen-bond donors (Lipinski definition) is 0. The van der Waals surface area contributed by atoms with E-state index in [0.29, 0.717) is 30.2 Å². The second-order valence-corrected chi connectivity index (χ2v) is 8.91. The molecule has 2 aliphatic rings. The number of nitrogens with zero attached hydrogens (tertiary/aromatic N) is 2. The van der Waals surface area contributed by atoms with Crippen molar-refractivity contribution in [3.8, 4) is 0 Å². The summed E-state index contributed by atoms with van der Waals surface area (Å²) in [4.78, 5) is 17.1. The van der Waals surface area contributed by atoms with Gasteiger partial charge in [0.05, 0.1) is 17.9 Å². The summed E-state index contributed by atoms with van der Waals surface area (Å²) >= 11 is 1.65. The highest BCUT2D eigenvalue weighted by atomic mass is 32.2. The average molecular weight is 435 g/mol. The molecule has 0 saturated carbocycles. The largest absolute Gasteiger partial charge is 0.443 e. The van der Waals surface area contributed by atoms with Gasteiger partial charge < -0.3 is 9.64 Å². The summed E-state index contributed by atoms with van der Waals surface area (Å²) in [5.74, 6) is 0.354. The van der Waals surface area contributed by atoms with Gasteiger partial charge in [-0.25, -0.2) is 9.18 Å². The highest BCUT2D eigenvalue weighted by Crippen LogP contribution is 2.31. The van der Waals surface area contributed by atoms with Gasteiger partial charge in [-0.2, -0.15) is 0 Å². The van der Waals surface area contributed by atoms with Crippen LogP contribution in [0.2, 0.25) is 0 Å². The van der Waals surface area contributed by atoms with Gasteiger partial charge in [0, 0.05) is 23.7 Å². The van der Waals surface area contributed by atoms with E-state index >= 15 is 4.39 Å². The van der Waals surface area contributed by atoms with E-state index in [1.165, 1.54) is 22.1 Å². The maximum Gasteiger partial charge on any atom is 0.414 e. The number of halogens is 1. The molecule has 3 aromatic carbocycles. The minimum Gasteiger partial charge on any atom is -0.443 e. The molecule has 2 aliphatic heterocycles. The Bertz CT molecular complexity index is 1090. The molecule has 5 rings (SSSR count). The van der Waals surface area contributed by atoms with Crippen LogP contribution in [0.25, 0.3) is 0 Å². The van der Waals surface area contributed by atoms with E-state index in [9.17, 15) is 4.79 Å². The summed E-state index contributed by atoms with van der Waals surface area (Å²) in [6, 6.07) is 23.4. The zero-order valence-electron chi connectivity index (χ0n) is 17.0. The fourth-order valence-electron chi connectivity index (χ4n) is 4.15. The van der Waals surface area contributed by atoms with Gasteiger partial charge in [-0.1, -0.05) is 42.5 Å². The van der Waals surface area contributed by atoms with Gasteiger partial charge in [0.2, 0.25) is 0 Å². The van der Waals surface area contributed by atoms with E-state index < -0.39 is 6.09 Å². The average Bonchev–Trinajstić information content (AvgIpc) is 3.18. The Morgan fingerprint density at radius 1 is 1.00 bits per heavy atom. The quantitative estimate of drug-likeness (QED) is 0.496. The molecule has 3 aromatic rings. The molecule has 0 spiro atoms. The first kappa shape index (κ1) is 19.9. The molecule has 158 valence electrons. The lowest BCUT2D eigenvalue weighted by Gasteiger charge is -2.31. The third kappa shape index (κ3) is 4.26. The number of amides is 1. The van der Waals surface area contributed by atoms with E-state index in [0.717, 1.165) is 17.9 Å². The van der Waals surface area contributed by atoms with Crippen LogP contribution in [0.1, 0.15) is 11.1 Å². The van der Waals surface area contributed by atoms with E-state index in [2.05, 4.69) is 17.0 Å². The Morgan fingerprint density at radius 3 is 2.58 bits per heavy atom. The fraction of sp³-hybridized carbons (Fsp3) is 0.240. The van der Waals surface area contributed by atoms with Crippen LogP contribution in [0.4, 0.5) is 20.6 Å². The lowest BCUT2D eigenvalue weighted by molar-refractivity contribution is 0.151. The van der Waals surface area contributed by atoms with Crippen LogP contribution in [0, 0.1) is 5.82 Å². The molecule has 1 fully saturated rings. The van der Waals surface area contributed by atoms with E-state index in [1.54, 1.807) is 17.8 Å². The van der Waals surface area contributed by atoms with E-state index in [-0.39, 0.29) is 11.9 Å². The number of fused-ring (bicyclic) bond motifs is 1. The molecule has 1 saturated heterocycles. The topological polar surface area (TPSA) is 32.8 Å². The van der Waals surface area contributed by atoms with Crippen molar-refractivity contribution in [3.63, 3.8) is 0 Å². The maximum absolute atomic E-state index is 15.0. The lowest BCUT2D eigenvalue weighted by Crippen LogP contribution is -2.31. The van der Waals surface area contributed by atoms with Crippen molar-refractivity contribution in [2.45, 2.75) is 24.0 Å². The lowest BCUT2D eigenvalue weighted by atomic mass is 9.99. The van der Waals surface area contributed by atoms with Crippen LogP contribution < -0.4 is 9.80 Å². The zero-order valence-corrected chi connectivity index (χ0v) is 17.9. The molecule has 0 aromatic heterocycles. The molecule has 1 amide bonds. The predicted octanol–water partition coefficient (Wildman–Crippen LogP) is 5.51. The molecule has 31 heavy (non-hydrogen) atoms. The molecule has 0 bridgehead atoms.